The minimum absolute atomic E-state index is 0.220. The smallest absolute Gasteiger partial charge is 0.211 e. The molecule has 16 heavy (non-hydrogen) atoms. The second-order valence-corrected chi connectivity index (χ2v) is 6.49. The van der Waals surface area contributed by atoms with E-state index in [0.29, 0.717) is 18.9 Å². The van der Waals surface area contributed by atoms with Crippen LogP contribution in [0.1, 0.15) is 39.5 Å². The number of hydrogen-bond donors (Lipinski definition) is 2. The molecule has 0 aliphatic carbocycles. The first-order valence-corrected chi connectivity index (χ1v) is 7.75. The third-order valence-corrected chi connectivity index (χ3v) is 3.84. The third kappa shape index (κ3) is 10.4. The first-order chi connectivity index (χ1) is 7.48. The Morgan fingerprint density at radius 1 is 1.06 bits per heavy atom. The summed E-state index contributed by atoms with van der Waals surface area (Å²) < 4.78 is 25.6. The predicted molar refractivity (Wildman–Crippen MR) is 69.0 cm³/mol. The van der Waals surface area contributed by atoms with Crippen LogP contribution in [-0.4, -0.2) is 34.3 Å². The van der Waals surface area contributed by atoms with E-state index in [1.54, 1.807) is 0 Å². The van der Waals surface area contributed by atoms with Gasteiger partial charge in [0.05, 0.1) is 5.75 Å². The van der Waals surface area contributed by atoms with Gasteiger partial charge in [0.1, 0.15) is 0 Å². The molecule has 0 atom stereocenters. The molecule has 0 radical (unpaired) electrons. The van der Waals surface area contributed by atoms with Gasteiger partial charge in [0.2, 0.25) is 10.0 Å². The van der Waals surface area contributed by atoms with Crippen molar-refractivity contribution in [2.24, 2.45) is 5.92 Å². The molecule has 0 heterocycles. The highest BCUT2D eigenvalue weighted by atomic mass is 32.2. The van der Waals surface area contributed by atoms with Crippen LogP contribution in [-0.2, 0) is 10.0 Å². The molecule has 0 aliphatic heterocycles. The monoisotopic (exact) mass is 250 g/mol. The Bertz CT molecular complexity index is 251. The van der Waals surface area contributed by atoms with E-state index in [2.05, 4.69) is 23.9 Å². The zero-order valence-electron chi connectivity index (χ0n) is 10.8. The van der Waals surface area contributed by atoms with E-state index >= 15 is 0 Å². The summed E-state index contributed by atoms with van der Waals surface area (Å²) in [5, 5.41) is 2.94. The largest absolute Gasteiger partial charge is 0.320 e. The number of rotatable bonds is 10. The van der Waals surface area contributed by atoms with Gasteiger partial charge >= 0.3 is 0 Å². The van der Waals surface area contributed by atoms with E-state index < -0.39 is 10.0 Å². The lowest BCUT2D eigenvalue weighted by Gasteiger charge is -2.07. The predicted octanol–water partition coefficient (Wildman–Crippen LogP) is 1.34. The Labute approximate surface area is 100 Å². The molecule has 0 fully saturated rings. The van der Waals surface area contributed by atoms with Crippen molar-refractivity contribution in [3.8, 4) is 0 Å². The Morgan fingerprint density at radius 2 is 1.75 bits per heavy atom. The van der Waals surface area contributed by atoms with Gasteiger partial charge in [-0.15, -0.1) is 0 Å². The molecule has 0 bridgehead atoms. The molecule has 0 amide bonds. The van der Waals surface area contributed by atoms with Crippen molar-refractivity contribution in [2.45, 2.75) is 39.5 Å². The third-order valence-electron chi connectivity index (χ3n) is 2.37. The van der Waals surface area contributed by atoms with Gasteiger partial charge in [0.25, 0.3) is 0 Å². The fraction of sp³-hybridized carbons (Fsp3) is 1.00. The molecule has 2 N–H and O–H groups in total. The number of nitrogens with one attached hydrogen (secondary N) is 2. The van der Waals surface area contributed by atoms with Crippen molar-refractivity contribution in [3.05, 3.63) is 0 Å². The lowest BCUT2D eigenvalue weighted by atomic mass is 10.1. The van der Waals surface area contributed by atoms with E-state index in [-0.39, 0.29) is 5.75 Å². The SMILES string of the molecule is CNCCCS(=O)(=O)NCCCCC(C)C. The molecule has 5 heteroatoms. The summed E-state index contributed by atoms with van der Waals surface area (Å²) in [6.45, 7) is 5.69. The van der Waals surface area contributed by atoms with Crippen LogP contribution in [0.15, 0.2) is 0 Å². The molecule has 0 aromatic carbocycles. The highest BCUT2D eigenvalue weighted by Gasteiger charge is 2.08. The first kappa shape index (κ1) is 15.9. The molecule has 0 aromatic rings. The van der Waals surface area contributed by atoms with Gasteiger partial charge in [0.15, 0.2) is 0 Å². The van der Waals surface area contributed by atoms with Gasteiger partial charge in [-0.05, 0) is 32.4 Å². The summed E-state index contributed by atoms with van der Waals surface area (Å²) in [5.74, 6) is 0.921. The van der Waals surface area contributed by atoms with E-state index in [0.717, 1.165) is 19.4 Å². The molecule has 0 aromatic heterocycles. The average molecular weight is 250 g/mol. The van der Waals surface area contributed by atoms with Gasteiger partial charge in [0, 0.05) is 6.54 Å². The summed E-state index contributed by atoms with van der Waals surface area (Å²) in [6, 6.07) is 0. The normalized spacial score (nSPS) is 12.2. The summed E-state index contributed by atoms with van der Waals surface area (Å²) in [6.07, 6.45) is 3.86. The minimum Gasteiger partial charge on any atom is -0.320 e. The van der Waals surface area contributed by atoms with Crippen molar-refractivity contribution in [1.29, 1.82) is 0 Å². The van der Waals surface area contributed by atoms with Crippen LogP contribution in [0.3, 0.4) is 0 Å². The molecule has 0 spiro atoms. The fourth-order valence-electron chi connectivity index (χ4n) is 1.42. The maximum absolute atomic E-state index is 11.5. The molecule has 0 saturated heterocycles. The van der Waals surface area contributed by atoms with Gasteiger partial charge in [-0.3, -0.25) is 0 Å². The summed E-state index contributed by atoms with van der Waals surface area (Å²) in [5.41, 5.74) is 0. The van der Waals surface area contributed by atoms with E-state index in [9.17, 15) is 8.42 Å². The van der Waals surface area contributed by atoms with Crippen LogP contribution in [0.25, 0.3) is 0 Å². The Kier molecular flexibility index (Phi) is 8.89. The summed E-state index contributed by atoms with van der Waals surface area (Å²) in [4.78, 5) is 0. The van der Waals surface area contributed by atoms with E-state index in [1.807, 2.05) is 7.05 Å². The van der Waals surface area contributed by atoms with Gasteiger partial charge in [-0.25, -0.2) is 13.1 Å². The standard InChI is InChI=1S/C11H26N2O2S/c1-11(2)7-4-5-9-13-16(14,15)10-6-8-12-3/h11-13H,4-10H2,1-3H3. The fourth-order valence-corrected chi connectivity index (χ4v) is 2.54. The summed E-state index contributed by atoms with van der Waals surface area (Å²) in [7, 11) is -1.22. The number of hydrogen-bond acceptors (Lipinski definition) is 3. The first-order valence-electron chi connectivity index (χ1n) is 6.10. The highest BCUT2D eigenvalue weighted by Crippen LogP contribution is 2.05. The molecular formula is C11H26N2O2S. The minimum atomic E-state index is -3.04. The van der Waals surface area contributed by atoms with Crippen LogP contribution in [0.5, 0.6) is 0 Å². The Balaban J connectivity index is 3.51. The lowest BCUT2D eigenvalue weighted by molar-refractivity contribution is 0.530. The molecule has 0 saturated carbocycles. The lowest BCUT2D eigenvalue weighted by Crippen LogP contribution is -2.28. The topological polar surface area (TPSA) is 58.2 Å². The molecule has 0 rings (SSSR count). The van der Waals surface area contributed by atoms with Crippen LogP contribution in [0.4, 0.5) is 0 Å². The van der Waals surface area contributed by atoms with Crippen LogP contribution in [0.2, 0.25) is 0 Å². The highest BCUT2D eigenvalue weighted by molar-refractivity contribution is 7.89. The van der Waals surface area contributed by atoms with E-state index in [4.69, 9.17) is 0 Å². The van der Waals surface area contributed by atoms with Crippen LogP contribution >= 0.6 is 0 Å². The maximum Gasteiger partial charge on any atom is 0.211 e. The zero-order valence-corrected chi connectivity index (χ0v) is 11.6. The second kappa shape index (κ2) is 8.96. The zero-order chi connectivity index (χ0) is 12.4. The van der Waals surface area contributed by atoms with Gasteiger partial charge < -0.3 is 5.32 Å². The van der Waals surface area contributed by atoms with Crippen LogP contribution < -0.4 is 10.0 Å². The molecule has 4 nitrogen and oxygen atoms in total. The van der Waals surface area contributed by atoms with Crippen molar-refractivity contribution in [2.75, 3.05) is 25.9 Å². The van der Waals surface area contributed by atoms with Crippen molar-refractivity contribution in [3.63, 3.8) is 0 Å². The summed E-state index contributed by atoms with van der Waals surface area (Å²) >= 11 is 0. The Morgan fingerprint density at radius 3 is 2.31 bits per heavy atom. The van der Waals surface area contributed by atoms with Crippen molar-refractivity contribution >= 4 is 10.0 Å². The second-order valence-electron chi connectivity index (χ2n) is 4.56. The number of sulfonamides is 1. The molecule has 98 valence electrons. The van der Waals surface area contributed by atoms with Crippen LogP contribution in [0, 0.1) is 5.92 Å². The van der Waals surface area contributed by atoms with Crippen molar-refractivity contribution in [1.82, 2.24) is 10.0 Å². The average Bonchev–Trinajstić information content (AvgIpc) is 2.16. The molecule has 0 aliphatic rings. The number of unbranched alkanes of at least 4 members (excludes halogenated alkanes) is 1. The van der Waals surface area contributed by atoms with Gasteiger partial charge in [-0.1, -0.05) is 26.7 Å². The van der Waals surface area contributed by atoms with Gasteiger partial charge in [-0.2, -0.15) is 0 Å². The molecular weight excluding hydrogens is 224 g/mol. The Hall–Kier alpha value is -0.130. The quantitative estimate of drug-likeness (QED) is 0.575. The molecule has 0 unspecified atom stereocenters. The van der Waals surface area contributed by atoms with Crippen molar-refractivity contribution < 1.29 is 8.42 Å². The van der Waals surface area contributed by atoms with E-state index in [1.165, 1.54) is 6.42 Å². The maximum atomic E-state index is 11.5.